The highest BCUT2D eigenvalue weighted by Gasteiger charge is 2.15. The smallest absolute Gasteiger partial charge is 0.407 e. The van der Waals surface area contributed by atoms with E-state index in [0.717, 1.165) is 49.3 Å². The molecule has 0 saturated heterocycles. The first-order valence-corrected chi connectivity index (χ1v) is 11.8. The van der Waals surface area contributed by atoms with Gasteiger partial charge in [0.05, 0.1) is 0 Å². The molecule has 31 heavy (non-hydrogen) atoms. The number of aliphatic imine (C=N–C) groups is 1. The Morgan fingerprint density at radius 1 is 1.13 bits per heavy atom. The van der Waals surface area contributed by atoms with Crippen LogP contribution in [0.25, 0.3) is 0 Å². The average molecular weight is 570 g/mol. The molecule has 0 bridgehead atoms. The predicted molar refractivity (Wildman–Crippen MR) is 139 cm³/mol. The van der Waals surface area contributed by atoms with E-state index >= 15 is 0 Å². The van der Waals surface area contributed by atoms with E-state index in [9.17, 15) is 4.79 Å². The Bertz CT molecular complexity index is 675. The lowest BCUT2D eigenvalue weighted by molar-refractivity contribution is 0.0527. The van der Waals surface area contributed by atoms with Crippen molar-refractivity contribution in [3.8, 4) is 0 Å². The molecule has 0 aliphatic heterocycles. The molecular formula is C20H40IN7O2S. The summed E-state index contributed by atoms with van der Waals surface area (Å²) >= 11 is 1.63. The fourth-order valence-electron chi connectivity index (χ4n) is 2.68. The normalized spacial score (nSPS) is 11.8. The summed E-state index contributed by atoms with van der Waals surface area (Å²) in [5.74, 6) is 2.34. The molecule has 1 rings (SSSR count). The molecule has 1 heterocycles. The molecule has 180 valence electrons. The Labute approximate surface area is 208 Å². The molecule has 0 spiro atoms. The van der Waals surface area contributed by atoms with Gasteiger partial charge in [0.2, 0.25) is 0 Å². The van der Waals surface area contributed by atoms with Crippen LogP contribution in [0.1, 0.15) is 53.3 Å². The quantitative estimate of drug-likeness (QED) is 0.124. The number of guanidine groups is 1. The van der Waals surface area contributed by atoms with Crippen molar-refractivity contribution in [1.29, 1.82) is 0 Å². The van der Waals surface area contributed by atoms with Crippen LogP contribution in [0.15, 0.2) is 10.1 Å². The first-order valence-electron chi connectivity index (χ1n) is 10.5. The number of hydrogen-bond donors (Lipinski definition) is 3. The van der Waals surface area contributed by atoms with Crippen molar-refractivity contribution >= 4 is 47.8 Å². The molecule has 1 aromatic heterocycles. The predicted octanol–water partition coefficient (Wildman–Crippen LogP) is 3.29. The molecule has 3 N–H and O–H groups in total. The number of aromatic nitrogens is 3. The van der Waals surface area contributed by atoms with Crippen molar-refractivity contribution in [2.75, 3.05) is 32.9 Å². The number of nitrogens with zero attached hydrogens (tertiary/aromatic N) is 4. The molecule has 0 aliphatic carbocycles. The van der Waals surface area contributed by atoms with E-state index in [-0.39, 0.29) is 30.1 Å². The number of carbonyl (C=O) groups is 1. The van der Waals surface area contributed by atoms with Crippen LogP contribution in [0, 0.1) is 5.92 Å². The number of thioether (sulfide) groups is 1. The van der Waals surface area contributed by atoms with Crippen LogP contribution in [-0.2, 0) is 17.7 Å². The van der Waals surface area contributed by atoms with Crippen molar-refractivity contribution in [3.05, 3.63) is 5.82 Å². The van der Waals surface area contributed by atoms with Gasteiger partial charge >= 0.3 is 6.09 Å². The van der Waals surface area contributed by atoms with Gasteiger partial charge in [0, 0.05) is 39.6 Å². The third-order valence-corrected chi connectivity index (χ3v) is 4.60. The van der Waals surface area contributed by atoms with Crippen LogP contribution in [0.2, 0.25) is 0 Å². The number of amides is 1. The van der Waals surface area contributed by atoms with E-state index in [0.29, 0.717) is 19.0 Å². The fourth-order valence-corrected chi connectivity index (χ4v) is 3.20. The molecular weight excluding hydrogens is 529 g/mol. The summed E-state index contributed by atoms with van der Waals surface area (Å²) in [4.78, 5) is 15.8. The number of carbonyl (C=O) groups excluding carboxylic acids is 1. The number of nitrogens with one attached hydrogen (secondary N) is 3. The highest BCUT2D eigenvalue weighted by atomic mass is 127. The summed E-state index contributed by atoms with van der Waals surface area (Å²) in [5, 5.41) is 18.9. The highest BCUT2D eigenvalue weighted by Crippen LogP contribution is 2.16. The number of halogens is 1. The van der Waals surface area contributed by atoms with Crippen molar-refractivity contribution in [3.63, 3.8) is 0 Å². The second-order valence-electron chi connectivity index (χ2n) is 8.42. The Morgan fingerprint density at radius 3 is 2.29 bits per heavy atom. The van der Waals surface area contributed by atoms with Crippen LogP contribution in [0.3, 0.4) is 0 Å². The fraction of sp³-hybridized carbons (Fsp3) is 0.800. The van der Waals surface area contributed by atoms with Gasteiger partial charge in [-0.1, -0.05) is 25.6 Å². The van der Waals surface area contributed by atoms with Crippen molar-refractivity contribution < 1.29 is 9.53 Å². The lowest BCUT2D eigenvalue weighted by Crippen LogP contribution is -2.39. The van der Waals surface area contributed by atoms with Crippen LogP contribution in [0.5, 0.6) is 0 Å². The third-order valence-electron chi connectivity index (χ3n) is 3.93. The zero-order chi connectivity index (χ0) is 22.6. The summed E-state index contributed by atoms with van der Waals surface area (Å²) in [6.07, 6.45) is 4.22. The van der Waals surface area contributed by atoms with E-state index in [2.05, 4.69) is 49.6 Å². The molecule has 0 radical (unpaired) electrons. The maximum absolute atomic E-state index is 11.6. The topological polar surface area (TPSA) is 105 Å². The molecule has 11 heteroatoms. The molecule has 9 nitrogen and oxygen atoms in total. The highest BCUT2D eigenvalue weighted by molar-refractivity contribution is 14.0. The van der Waals surface area contributed by atoms with Crippen LogP contribution in [0.4, 0.5) is 4.79 Å². The number of aryl methyl sites for hydroxylation is 1. The lowest BCUT2D eigenvalue weighted by Gasteiger charge is -2.19. The van der Waals surface area contributed by atoms with E-state index < -0.39 is 5.60 Å². The van der Waals surface area contributed by atoms with Crippen molar-refractivity contribution in [2.24, 2.45) is 10.9 Å². The van der Waals surface area contributed by atoms with Gasteiger partial charge in [-0.2, -0.15) is 0 Å². The largest absolute Gasteiger partial charge is 0.444 e. The standard InChI is InChI=1S/C20H39N7O2S.HI/c1-15(2)14-27-16(25-26-18(27)30-7)10-8-11-22-17(21-6)23-12-9-13-24-19(28)29-20(3,4)5;/h15H,8-14H2,1-7H3,(H,24,28)(H2,21,22,23);1H. The summed E-state index contributed by atoms with van der Waals surface area (Å²) in [6.45, 7) is 12.9. The number of alkyl carbamates (subject to hydrolysis) is 1. The molecule has 1 amide bonds. The summed E-state index contributed by atoms with van der Waals surface area (Å²) in [7, 11) is 1.75. The van der Waals surface area contributed by atoms with Crippen molar-refractivity contribution in [1.82, 2.24) is 30.7 Å². The Balaban J connectivity index is 0.00000900. The zero-order valence-electron chi connectivity index (χ0n) is 19.9. The Morgan fingerprint density at radius 2 is 1.74 bits per heavy atom. The molecule has 0 aromatic carbocycles. The maximum Gasteiger partial charge on any atom is 0.407 e. The van der Waals surface area contributed by atoms with Gasteiger partial charge in [-0.3, -0.25) is 4.99 Å². The van der Waals surface area contributed by atoms with E-state index in [4.69, 9.17) is 4.74 Å². The number of rotatable bonds is 11. The van der Waals surface area contributed by atoms with Gasteiger partial charge in [0.1, 0.15) is 11.4 Å². The van der Waals surface area contributed by atoms with Gasteiger partial charge in [0.15, 0.2) is 11.1 Å². The minimum Gasteiger partial charge on any atom is -0.444 e. The molecule has 1 aromatic rings. The molecule has 0 saturated carbocycles. The van der Waals surface area contributed by atoms with Crippen LogP contribution >= 0.6 is 35.7 Å². The third kappa shape index (κ3) is 13.0. The maximum atomic E-state index is 11.6. The van der Waals surface area contributed by atoms with E-state index in [1.807, 2.05) is 27.0 Å². The summed E-state index contributed by atoms with van der Waals surface area (Å²) in [6, 6.07) is 0. The SMILES string of the molecule is CN=C(NCCCNC(=O)OC(C)(C)C)NCCCc1nnc(SC)n1CC(C)C.I. The second kappa shape index (κ2) is 15.5. The lowest BCUT2D eigenvalue weighted by atomic mass is 10.2. The number of ether oxygens (including phenoxy) is 1. The Kier molecular flexibility index (Phi) is 14.9. The first kappa shape index (κ1) is 29.8. The van der Waals surface area contributed by atoms with Gasteiger partial charge < -0.3 is 25.3 Å². The van der Waals surface area contributed by atoms with Gasteiger partial charge in [-0.05, 0) is 45.8 Å². The molecule has 0 unspecified atom stereocenters. The zero-order valence-corrected chi connectivity index (χ0v) is 23.1. The van der Waals surface area contributed by atoms with Gasteiger partial charge in [-0.15, -0.1) is 34.2 Å². The molecule has 0 fully saturated rings. The summed E-state index contributed by atoms with van der Waals surface area (Å²) < 4.78 is 7.43. The van der Waals surface area contributed by atoms with E-state index in [1.165, 1.54) is 0 Å². The van der Waals surface area contributed by atoms with E-state index in [1.54, 1.807) is 18.8 Å². The minimum absolute atomic E-state index is 0. The minimum atomic E-state index is -0.479. The monoisotopic (exact) mass is 569 g/mol. The molecule has 0 atom stereocenters. The number of hydrogen-bond acceptors (Lipinski definition) is 6. The second-order valence-corrected chi connectivity index (χ2v) is 9.19. The first-order chi connectivity index (χ1) is 14.2. The van der Waals surface area contributed by atoms with Gasteiger partial charge in [0.25, 0.3) is 0 Å². The van der Waals surface area contributed by atoms with Crippen molar-refractivity contribution in [2.45, 2.75) is 71.2 Å². The Hall–Kier alpha value is -1.24. The van der Waals surface area contributed by atoms with Crippen LogP contribution in [-0.4, -0.2) is 65.4 Å². The average Bonchev–Trinajstić information content (AvgIpc) is 3.02. The molecule has 0 aliphatic rings. The van der Waals surface area contributed by atoms with Gasteiger partial charge in [-0.25, -0.2) is 4.79 Å². The van der Waals surface area contributed by atoms with Crippen LogP contribution < -0.4 is 16.0 Å². The summed E-state index contributed by atoms with van der Waals surface area (Å²) in [5.41, 5.74) is -0.479.